The van der Waals surface area contributed by atoms with E-state index in [1.54, 1.807) is 24.5 Å². The van der Waals surface area contributed by atoms with E-state index >= 15 is 0 Å². The molecule has 0 fully saturated rings. The fraction of sp³-hybridized carbons (Fsp3) is 0.214. The Morgan fingerprint density at radius 1 is 1.00 bits per heavy atom. The van der Waals surface area contributed by atoms with Gasteiger partial charge in [0.05, 0.1) is 12.2 Å². The van der Waals surface area contributed by atoms with Gasteiger partial charge in [-0.3, -0.25) is 14.6 Å². The second-order valence-corrected chi connectivity index (χ2v) is 8.27. The van der Waals surface area contributed by atoms with Crippen molar-refractivity contribution in [3.05, 3.63) is 95.9 Å². The van der Waals surface area contributed by atoms with Crippen LogP contribution < -0.4 is 15.8 Å². The van der Waals surface area contributed by atoms with E-state index in [0.717, 1.165) is 28.5 Å². The molecule has 37 heavy (non-hydrogen) atoms. The van der Waals surface area contributed by atoms with Crippen molar-refractivity contribution in [2.24, 2.45) is 0 Å². The molecular formula is C28H28F2N4O3. The summed E-state index contributed by atoms with van der Waals surface area (Å²) >= 11 is 0. The lowest BCUT2D eigenvalue weighted by atomic mass is 9.97. The van der Waals surface area contributed by atoms with Crippen LogP contribution in [0.1, 0.15) is 25.0 Å². The molecule has 4 aromatic rings. The number of aryl methyl sites for hydroxylation is 1. The first kappa shape index (κ1) is 27.2. The van der Waals surface area contributed by atoms with Gasteiger partial charge < -0.3 is 15.8 Å². The number of aromatic nitrogens is 2. The maximum atomic E-state index is 13.7. The van der Waals surface area contributed by atoms with E-state index in [9.17, 15) is 18.4 Å². The molecule has 7 nitrogen and oxygen atoms in total. The van der Waals surface area contributed by atoms with Crippen LogP contribution in [0.25, 0.3) is 10.8 Å². The molecule has 0 unspecified atom stereocenters. The SMILES string of the molecule is C.Nc1nccc2cc(CCC(=O)[C@H](Cc3ccc(F)c(F)c3)NC(=O)COc3cccnc3)ccc12. The number of anilines is 1. The minimum Gasteiger partial charge on any atom is -0.482 e. The number of nitrogens with one attached hydrogen (secondary N) is 1. The summed E-state index contributed by atoms with van der Waals surface area (Å²) in [5.41, 5.74) is 7.20. The average Bonchev–Trinajstić information content (AvgIpc) is 2.88. The molecule has 0 aliphatic heterocycles. The zero-order valence-corrected chi connectivity index (χ0v) is 19.3. The first-order valence-electron chi connectivity index (χ1n) is 11.3. The van der Waals surface area contributed by atoms with Gasteiger partial charge in [0.15, 0.2) is 24.0 Å². The summed E-state index contributed by atoms with van der Waals surface area (Å²) in [6.07, 6.45) is 5.22. The number of benzene rings is 2. The molecule has 0 spiro atoms. The van der Waals surface area contributed by atoms with Gasteiger partial charge in [-0.15, -0.1) is 0 Å². The lowest BCUT2D eigenvalue weighted by Gasteiger charge is -2.18. The Kier molecular flexibility index (Phi) is 9.21. The number of rotatable bonds is 10. The second kappa shape index (κ2) is 12.5. The van der Waals surface area contributed by atoms with Crippen LogP contribution in [0.3, 0.4) is 0 Å². The zero-order valence-electron chi connectivity index (χ0n) is 19.3. The normalized spacial score (nSPS) is 11.4. The summed E-state index contributed by atoms with van der Waals surface area (Å²) in [5.74, 6) is -1.93. The number of halogens is 2. The van der Waals surface area contributed by atoms with Gasteiger partial charge in [-0.25, -0.2) is 13.8 Å². The number of nitrogen functional groups attached to an aromatic ring is 1. The number of amides is 1. The van der Waals surface area contributed by atoms with Gasteiger partial charge in [0.2, 0.25) is 0 Å². The van der Waals surface area contributed by atoms with Gasteiger partial charge in [-0.2, -0.15) is 0 Å². The predicted octanol–water partition coefficient (Wildman–Crippen LogP) is 4.43. The molecule has 0 saturated carbocycles. The first-order chi connectivity index (χ1) is 17.4. The van der Waals surface area contributed by atoms with Crippen LogP contribution >= 0.6 is 0 Å². The Balaban J connectivity index is 0.00000380. The van der Waals surface area contributed by atoms with Crippen LogP contribution in [0.5, 0.6) is 5.75 Å². The Morgan fingerprint density at radius 3 is 2.57 bits per heavy atom. The number of ether oxygens (including phenoxy) is 1. The number of carbonyl (C=O) groups is 2. The molecule has 1 amide bonds. The number of ketones is 1. The number of hydrogen-bond acceptors (Lipinski definition) is 6. The quantitative estimate of drug-likeness (QED) is 0.329. The third-order valence-corrected chi connectivity index (χ3v) is 5.67. The molecule has 2 aromatic heterocycles. The number of carbonyl (C=O) groups excluding carboxylic acids is 2. The summed E-state index contributed by atoms with van der Waals surface area (Å²) in [6, 6.07) is 13.3. The van der Waals surface area contributed by atoms with Gasteiger partial charge in [0.25, 0.3) is 5.91 Å². The number of nitrogens with two attached hydrogens (primary N) is 1. The smallest absolute Gasteiger partial charge is 0.258 e. The van der Waals surface area contributed by atoms with Crippen molar-refractivity contribution in [1.29, 1.82) is 0 Å². The van der Waals surface area contributed by atoms with Gasteiger partial charge in [0, 0.05) is 24.2 Å². The molecule has 0 radical (unpaired) electrons. The van der Waals surface area contributed by atoms with Crippen molar-refractivity contribution >= 4 is 28.3 Å². The van der Waals surface area contributed by atoms with Crippen LogP contribution in [0.2, 0.25) is 0 Å². The molecule has 3 N–H and O–H groups in total. The Morgan fingerprint density at radius 2 is 1.81 bits per heavy atom. The third-order valence-electron chi connectivity index (χ3n) is 5.67. The lowest BCUT2D eigenvalue weighted by Crippen LogP contribution is -2.44. The number of pyridine rings is 2. The Bertz CT molecular complexity index is 1380. The Hall–Kier alpha value is -4.40. The minimum absolute atomic E-state index is 0. The molecule has 0 aliphatic rings. The molecule has 2 heterocycles. The fourth-order valence-electron chi connectivity index (χ4n) is 3.81. The maximum Gasteiger partial charge on any atom is 0.258 e. The van der Waals surface area contributed by atoms with Crippen molar-refractivity contribution in [2.45, 2.75) is 32.7 Å². The van der Waals surface area contributed by atoms with E-state index in [1.165, 1.54) is 12.3 Å². The van der Waals surface area contributed by atoms with E-state index in [2.05, 4.69) is 15.3 Å². The molecule has 2 aromatic carbocycles. The molecule has 4 rings (SSSR count). The van der Waals surface area contributed by atoms with Crippen LogP contribution in [0, 0.1) is 11.6 Å². The molecule has 0 aliphatic carbocycles. The number of fused-ring (bicyclic) bond motifs is 1. The topological polar surface area (TPSA) is 107 Å². The number of hydrogen-bond donors (Lipinski definition) is 2. The van der Waals surface area contributed by atoms with E-state index in [0.29, 0.717) is 23.6 Å². The summed E-state index contributed by atoms with van der Waals surface area (Å²) in [7, 11) is 0. The van der Waals surface area contributed by atoms with E-state index in [4.69, 9.17) is 10.5 Å². The van der Waals surface area contributed by atoms with Crippen molar-refractivity contribution in [2.75, 3.05) is 12.3 Å². The van der Waals surface area contributed by atoms with E-state index in [1.807, 2.05) is 24.3 Å². The fourth-order valence-corrected chi connectivity index (χ4v) is 3.81. The van der Waals surface area contributed by atoms with Gasteiger partial charge in [-0.05, 0) is 59.7 Å². The molecule has 0 bridgehead atoms. The van der Waals surface area contributed by atoms with E-state index in [-0.39, 0.29) is 32.7 Å². The first-order valence-corrected chi connectivity index (χ1v) is 11.3. The molecular weight excluding hydrogens is 478 g/mol. The highest BCUT2D eigenvalue weighted by atomic mass is 19.2. The van der Waals surface area contributed by atoms with Crippen LogP contribution in [0.15, 0.2) is 73.2 Å². The summed E-state index contributed by atoms with van der Waals surface area (Å²) in [6.45, 7) is -0.326. The van der Waals surface area contributed by atoms with Crippen molar-refractivity contribution in [3.8, 4) is 5.75 Å². The van der Waals surface area contributed by atoms with Crippen LogP contribution in [-0.4, -0.2) is 34.3 Å². The zero-order chi connectivity index (χ0) is 25.5. The second-order valence-electron chi connectivity index (χ2n) is 8.27. The molecule has 1 atom stereocenters. The van der Waals surface area contributed by atoms with Crippen molar-refractivity contribution < 1.29 is 23.1 Å². The van der Waals surface area contributed by atoms with Crippen molar-refractivity contribution in [3.63, 3.8) is 0 Å². The van der Waals surface area contributed by atoms with E-state index < -0.39 is 23.6 Å². The largest absolute Gasteiger partial charge is 0.482 e. The maximum absolute atomic E-state index is 13.7. The standard InChI is InChI=1S/C27H24F2N4O3.CH4/c28-22-7-4-18(13-23(22)29)14-24(33-26(35)16-36-20-2-1-10-31-15-20)25(34)8-5-17-3-6-21-19(12-17)9-11-32-27(21)30;/h1-4,6-7,9-13,15,24H,5,8,14,16H2,(H2,30,32)(H,33,35);1H4/t24-;/m0./s1. The van der Waals surface area contributed by atoms with Crippen LogP contribution in [0.4, 0.5) is 14.6 Å². The predicted molar refractivity (Wildman–Crippen MR) is 138 cm³/mol. The summed E-state index contributed by atoms with van der Waals surface area (Å²) < 4.78 is 32.5. The highest BCUT2D eigenvalue weighted by molar-refractivity contribution is 5.92. The molecule has 0 saturated heterocycles. The monoisotopic (exact) mass is 506 g/mol. The van der Waals surface area contributed by atoms with Gasteiger partial charge in [0.1, 0.15) is 11.6 Å². The summed E-state index contributed by atoms with van der Waals surface area (Å²) in [5, 5.41) is 4.40. The van der Waals surface area contributed by atoms with Gasteiger partial charge in [-0.1, -0.05) is 31.7 Å². The highest BCUT2D eigenvalue weighted by Crippen LogP contribution is 2.21. The number of Topliss-reactive ketones (excluding diaryl/α,β-unsaturated/α-hetero) is 1. The van der Waals surface area contributed by atoms with Crippen LogP contribution in [-0.2, 0) is 22.4 Å². The van der Waals surface area contributed by atoms with Gasteiger partial charge >= 0.3 is 0 Å². The third kappa shape index (κ3) is 7.30. The molecule has 192 valence electrons. The van der Waals surface area contributed by atoms with Crippen molar-refractivity contribution in [1.82, 2.24) is 15.3 Å². The summed E-state index contributed by atoms with van der Waals surface area (Å²) in [4.78, 5) is 33.7. The molecule has 9 heteroatoms. The number of nitrogens with zero attached hydrogens (tertiary/aromatic N) is 2. The highest BCUT2D eigenvalue weighted by Gasteiger charge is 2.22. The lowest BCUT2D eigenvalue weighted by molar-refractivity contribution is -0.129. The Labute approximate surface area is 213 Å². The average molecular weight is 507 g/mol. The minimum atomic E-state index is -1.02.